The van der Waals surface area contributed by atoms with Crippen LogP contribution in [0.4, 0.5) is 0 Å². The predicted octanol–water partition coefficient (Wildman–Crippen LogP) is -0.180. The normalized spacial score (nSPS) is 11.7. The van der Waals surface area contributed by atoms with Gasteiger partial charge in [-0.25, -0.2) is 4.79 Å². The van der Waals surface area contributed by atoms with Crippen LogP contribution in [0.25, 0.3) is 0 Å². The van der Waals surface area contributed by atoms with Gasteiger partial charge in [0, 0.05) is 13.6 Å². The van der Waals surface area contributed by atoms with E-state index in [2.05, 4.69) is 10.4 Å². The number of aromatic nitrogens is 2. The number of esters is 1. The maximum Gasteiger partial charge on any atom is 0.341 e. The number of hydrogen-bond donors (Lipinski definition) is 3. The van der Waals surface area contributed by atoms with E-state index in [1.165, 1.54) is 6.20 Å². The van der Waals surface area contributed by atoms with Crippen LogP contribution in [0.5, 0.6) is 0 Å². The van der Waals surface area contributed by atoms with Crippen molar-refractivity contribution in [3.8, 4) is 0 Å². The van der Waals surface area contributed by atoms with E-state index >= 15 is 0 Å². The average Bonchev–Trinajstić information content (AvgIpc) is 2.83. The van der Waals surface area contributed by atoms with E-state index in [1.54, 1.807) is 18.7 Å². The number of rotatable bonds is 8. The van der Waals surface area contributed by atoms with E-state index in [9.17, 15) is 15.0 Å². The zero-order chi connectivity index (χ0) is 15.2. The Labute approximate surface area is 118 Å². The van der Waals surface area contributed by atoms with Gasteiger partial charge in [0.2, 0.25) is 0 Å². The summed E-state index contributed by atoms with van der Waals surface area (Å²) >= 11 is 0. The Morgan fingerprint density at radius 2 is 2.10 bits per heavy atom. The molecule has 1 aromatic rings. The largest absolute Gasteiger partial charge is 0.462 e. The second-order valence-corrected chi connectivity index (χ2v) is 4.65. The molecule has 0 aliphatic rings. The maximum absolute atomic E-state index is 11.8. The third-order valence-electron chi connectivity index (χ3n) is 3.47. The van der Waals surface area contributed by atoms with Crippen LogP contribution in [-0.2, 0) is 18.3 Å². The van der Waals surface area contributed by atoms with Gasteiger partial charge in [-0.2, -0.15) is 5.10 Å². The van der Waals surface area contributed by atoms with Gasteiger partial charge in [0.1, 0.15) is 5.56 Å². The highest BCUT2D eigenvalue weighted by Gasteiger charge is 2.27. The zero-order valence-corrected chi connectivity index (χ0v) is 12.2. The third-order valence-corrected chi connectivity index (χ3v) is 3.47. The first-order valence-electron chi connectivity index (χ1n) is 6.68. The number of ether oxygens (including phenoxy) is 1. The number of aliphatic hydroxyl groups is 2. The van der Waals surface area contributed by atoms with Crippen LogP contribution in [0.15, 0.2) is 6.20 Å². The molecule has 0 saturated heterocycles. The van der Waals surface area contributed by atoms with Crippen molar-refractivity contribution in [1.29, 1.82) is 0 Å². The van der Waals surface area contributed by atoms with Crippen molar-refractivity contribution in [2.75, 3.05) is 19.8 Å². The number of aliphatic hydroxyl groups excluding tert-OH is 2. The fourth-order valence-electron chi connectivity index (χ4n) is 1.83. The van der Waals surface area contributed by atoms with Gasteiger partial charge in [-0.1, -0.05) is 6.92 Å². The van der Waals surface area contributed by atoms with Gasteiger partial charge < -0.3 is 20.3 Å². The number of nitrogens with one attached hydrogen (secondary N) is 1. The van der Waals surface area contributed by atoms with Gasteiger partial charge in [0.05, 0.1) is 37.3 Å². The van der Waals surface area contributed by atoms with Crippen LogP contribution < -0.4 is 5.32 Å². The smallest absolute Gasteiger partial charge is 0.341 e. The lowest BCUT2D eigenvalue weighted by molar-refractivity contribution is 0.0523. The molecule has 0 atom stereocenters. The number of hydrogen-bond acceptors (Lipinski definition) is 6. The zero-order valence-electron chi connectivity index (χ0n) is 12.2. The number of carbonyl (C=O) groups excluding carboxylic acids is 1. The minimum atomic E-state index is -0.768. The van der Waals surface area contributed by atoms with Crippen LogP contribution in [0.2, 0.25) is 0 Å². The molecule has 0 saturated carbocycles. The molecule has 0 radical (unpaired) electrons. The average molecular weight is 285 g/mol. The topological polar surface area (TPSA) is 96.6 Å². The second kappa shape index (κ2) is 7.37. The maximum atomic E-state index is 11.8. The first-order chi connectivity index (χ1) is 9.53. The van der Waals surface area contributed by atoms with Crippen LogP contribution in [-0.4, -0.2) is 51.3 Å². The summed E-state index contributed by atoms with van der Waals surface area (Å²) in [6, 6.07) is 0. The van der Waals surface area contributed by atoms with Gasteiger partial charge in [-0.3, -0.25) is 4.68 Å². The molecule has 0 unspecified atom stereocenters. The molecule has 3 N–H and O–H groups in total. The standard InChI is InChI=1S/C13H23N3O4/c1-4-13(8-17,9-18)14-7-11-10(6-15-16(11)3)12(19)20-5-2/h6,14,17-18H,4-5,7-9H2,1-3H3. The summed E-state index contributed by atoms with van der Waals surface area (Å²) in [6.07, 6.45) is 2.02. The Morgan fingerprint density at radius 3 is 2.60 bits per heavy atom. The van der Waals surface area contributed by atoms with Crippen molar-refractivity contribution in [3.05, 3.63) is 17.5 Å². The number of aryl methyl sites for hydroxylation is 1. The Balaban J connectivity index is 2.87. The van der Waals surface area contributed by atoms with E-state index in [4.69, 9.17) is 4.74 Å². The molecule has 1 heterocycles. The fraction of sp³-hybridized carbons (Fsp3) is 0.692. The fourth-order valence-corrected chi connectivity index (χ4v) is 1.83. The molecule has 20 heavy (non-hydrogen) atoms. The monoisotopic (exact) mass is 285 g/mol. The predicted molar refractivity (Wildman–Crippen MR) is 73.2 cm³/mol. The van der Waals surface area contributed by atoms with E-state index in [1.807, 2.05) is 6.92 Å². The quantitative estimate of drug-likeness (QED) is 0.573. The van der Waals surface area contributed by atoms with Gasteiger partial charge in [0.15, 0.2) is 0 Å². The molecule has 0 spiro atoms. The lowest BCUT2D eigenvalue weighted by Crippen LogP contribution is -2.51. The molecule has 7 nitrogen and oxygen atoms in total. The Morgan fingerprint density at radius 1 is 1.45 bits per heavy atom. The van der Waals surface area contributed by atoms with Crippen LogP contribution in [0.3, 0.4) is 0 Å². The summed E-state index contributed by atoms with van der Waals surface area (Å²) in [6.45, 7) is 3.84. The molecule has 0 aliphatic carbocycles. The SMILES string of the molecule is CCOC(=O)c1cnn(C)c1CNC(CC)(CO)CO. The molecule has 0 amide bonds. The van der Waals surface area contributed by atoms with Crippen molar-refractivity contribution in [3.63, 3.8) is 0 Å². The van der Waals surface area contributed by atoms with Gasteiger partial charge in [-0.15, -0.1) is 0 Å². The lowest BCUT2D eigenvalue weighted by atomic mass is 9.98. The highest BCUT2D eigenvalue weighted by molar-refractivity contribution is 5.90. The molecule has 0 fully saturated rings. The summed E-state index contributed by atoms with van der Waals surface area (Å²) in [5.74, 6) is -0.424. The van der Waals surface area contributed by atoms with E-state index in [0.717, 1.165) is 0 Å². The van der Waals surface area contributed by atoms with E-state index < -0.39 is 11.5 Å². The minimum Gasteiger partial charge on any atom is -0.462 e. The number of nitrogens with zero attached hydrogens (tertiary/aromatic N) is 2. The summed E-state index contributed by atoms with van der Waals surface area (Å²) in [7, 11) is 1.73. The van der Waals surface area contributed by atoms with Crippen LogP contribution in [0, 0.1) is 0 Å². The molecular weight excluding hydrogens is 262 g/mol. The molecular formula is C13H23N3O4. The van der Waals surface area contributed by atoms with Crippen molar-refractivity contribution in [2.24, 2.45) is 7.05 Å². The van der Waals surface area contributed by atoms with E-state index in [0.29, 0.717) is 30.8 Å². The molecule has 1 aromatic heterocycles. The first kappa shape index (κ1) is 16.6. The Kier molecular flexibility index (Phi) is 6.12. The minimum absolute atomic E-state index is 0.188. The summed E-state index contributed by atoms with van der Waals surface area (Å²) in [5, 5.41) is 25.9. The molecule has 0 aromatic carbocycles. The lowest BCUT2D eigenvalue weighted by Gasteiger charge is -2.30. The van der Waals surface area contributed by atoms with Crippen molar-refractivity contribution < 1.29 is 19.7 Å². The molecule has 114 valence electrons. The molecule has 0 bridgehead atoms. The third kappa shape index (κ3) is 3.56. The van der Waals surface area contributed by atoms with Crippen molar-refractivity contribution >= 4 is 5.97 Å². The Bertz CT molecular complexity index is 433. The molecule has 1 rings (SSSR count). The first-order valence-corrected chi connectivity index (χ1v) is 6.68. The van der Waals surface area contributed by atoms with Crippen LogP contribution in [0.1, 0.15) is 36.3 Å². The van der Waals surface area contributed by atoms with Gasteiger partial charge >= 0.3 is 5.97 Å². The Hall–Kier alpha value is -1.44. The summed E-state index contributed by atoms with van der Waals surface area (Å²) in [5.41, 5.74) is 0.279. The van der Waals surface area contributed by atoms with Crippen molar-refractivity contribution in [1.82, 2.24) is 15.1 Å². The highest BCUT2D eigenvalue weighted by Crippen LogP contribution is 2.13. The second-order valence-electron chi connectivity index (χ2n) is 4.65. The molecule has 0 aliphatic heterocycles. The van der Waals surface area contributed by atoms with Gasteiger partial charge in [0.25, 0.3) is 0 Å². The van der Waals surface area contributed by atoms with Crippen molar-refractivity contribution in [2.45, 2.75) is 32.4 Å². The van der Waals surface area contributed by atoms with Gasteiger partial charge in [-0.05, 0) is 13.3 Å². The number of carbonyl (C=O) groups is 1. The van der Waals surface area contributed by atoms with E-state index in [-0.39, 0.29) is 13.2 Å². The molecule has 7 heteroatoms. The summed E-state index contributed by atoms with van der Waals surface area (Å²) in [4.78, 5) is 11.8. The van der Waals surface area contributed by atoms with Crippen LogP contribution >= 0.6 is 0 Å². The highest BCUT2D eigenvalue weighted by atomic mass is 16.5. The summed E-state index contributed by atoms with van der Waals surface area (Å²) < 4.78 is 6.55.